The summed E-state index contributed by atoms with van der Waals surface area (Å²) in [5.74, 6) is 1.46. The highest BCUT2D eigenvalue weighted by Gasteiger charge is 2.24. The summed E-state index contributed by atoms with van der Waals surface area (Å²) in [5, 5.41) is 2.72. The smallest absolute Gasteiger partial charge is 0.240 e. The second-order valence-electron chi connectivity index (χ2n) is 7.23. The van der Waals surface area contributed by atoms with Crippen molar-refractivity contribution < 1.29 is 27.4 Å². The van der Waals surface area contributed by atoms with Crippen molar-refractivity contribution in [3.63, 3.8) is 0 Å². The van der Waals surface area contributed by atoms with E-state index in [0.717, 1.165) is 10.6 Å². The fourth-order valence-corrected chi connectivity index (χ4v) is 3.80. The Kier molecular flexibility index (Phi) is 6.71. The molecule has 0 bridgehead atoms. The summed E-state index contributed by atoms with van der Waals surface area (Å²) in [6.07, 6.45) is 0.710. The maximum atomic E-state index is 12.4. The number of carbonyl (C=O) groups excluding carboxylic acids is 1. The van der Waals surface area contributed by atoms with Crippen LogP contribution in [0.4, 0.5) is 5.69 Å². The molecule has 9 heteroatoms. The van der Waals surface area contributed by atoms with Gasteiger partial charge in [-0.25, -0.2) is 8.42 Å². The van der Waals surface area contributed by atoms with Crippen LogP contribution in [0.2, 0.25) is 0 Å². The molecule has 0 saturated carbocycles. The van der Waals surface area contributed by atoms with E-state index in [4.69, 9.17) is 14.2 Å². The number of para-hydroxylation sites is 2. The highest BCUT2D eigenvalue weighted by atomic mass is 32.2. The van der Waals surface area contributed by atoms with Crippen molar-refractivity contribution in [3.05, 3.63) is 48.5 Å². The first-order chi connectivity index (χ1) is 14.2. The minimum atomic E-state index is -3.66. The molecule has 0 fully saturated rings. The van der Waals surface area contributed by atoms with Gasteiger partial charge >= 0.3 is 0 Å². The molecule has 1 aliphatic rings. The summed E-state index contributed by atoms with van der Waals surface area (Å²) in [4.78, 5) is 12.4. The number of carbonyl (C=O) groups is 1. The fraction of sp³-hybridized carbons (Fsp3) is 0.381. The molecular weight excluding hydrogens is 408 g/mol. The normalized spacial score (nSPS) is 15.5. The van der Waals surface area contributed by atoms with E-state index in [2.05, 4.69) is 5.32 Å². The number of hydrogen-bond donors (Lipinski definition) is 1. The van der Waals surface area contributed by atoms with Gasteiger partial charge in [0.15, 0.2) is 11.5 Å². The van der Waals surface area contributed by atoms with Gasteiger partial charge in [0.2, 0.25) is 15.9 Å². The summed E-state index contributed by atoms with van der Waals surface area (Å²) in [6.45, 7) is 3.96. The Morgan fingerprint density at radius 3 is 2.47 bits per heavy atom. The molecule has 0 radical (unpaired) electrons. The van der Waals surface area contributed by atoms with Crippen LogP contribution in [0.25, 0.3) is 0 Å². The number of rotatable bonds is 8. The van der Waals surface area contributed by atoms with Crippen molar-refractivity contribution in [2.75, 3.05) is 30.3 Å². The highest BCUT2D eigenvalue weighted by molar-refractivity contribution is 7.92. The Hall–Kier alpha value is -2.94. The Labute approximate surface area is 176 Å². The van der Waals surface area contributed by atoms with Crippen molar-refractivity contribution in [1.82, 2.24) is 5.32 Å². The van der Waals surface area contributed by atoms with Crippen LogP contribution in [0.5, 0.6) is 17.2 Å². The number of ether oxygens (including phenoxy) is 3. The molecule has 0 aliphatic carbocycles. The third kappa shape index (κ3) is 5.79. The lowest BCUT2D eigenvalue weighted by molar-refractivity contribution is -0.120. The maximum Gasteiger partial charge on any atom is 0.240 e. The largest absolute Gasteiger partial charge is 0.491 e. The average Bonchev–Trinajstić information content (AvgIpc) is 2.70. The van der Waals surface area contributed by atoms with Crippen molar-refractivity contribution in [3.8, 4) is 17.2 Å². The van der Waals surface area contributed by atoms with E-state index in [1.807, 2.05) is 32.0 Å². The van der Waals surface area contributed by atoms with Crippen LogP contribution in [0.15, 0.2) is 48.5 Å². The van der Waals surface area contributed by atoms with Gasteiger partial charge in [-0.05, 0) is 50.2 Å². The van der Waals surface area contributed by atoms with Gasteiger partial charge in [0, 0.05) is 0 Å². The molecule has 1 aliphatic heterocycles. The van der Waals surface area contributed by atoms with Crippen LogP contribution in [0.3, 0.4) is 0 Å². The van der Waals surface area contributed by atoms with E-state index < -0.39 is 15.9 Å². The second-order valence-corrected chi connectivity index (χ2v) is 9.14. The lowest BCUT2D eigenvalue weighted by Gasteiger charge is -2.27. The molecule has 3 rings (SSSR count). The third-order valence-corrected chi connectivity index (χ3v) is 5.42. The number of amides is 1. The summed E-state index contributed by atoms with van der Waals surface area (Å²) in [7, 11) is -3.66. The zero-order valence-corrected chi connectivity index (χ0v) is 18.0. The molecule has 1 amide bonds. The van der Waals surface area contributed by atoms with Gasteiger partial charge in [-0.3, -0.25) is 9.10 Å². The molecule has 0 unspecified atom stereocenters. The summed E-state index contributed by atoms with van der Waals surface area (Å²) in [6, 6.07) is 13.9. The Morgan fingerprint density at radius 2 is 1.83 bits per heavy atom. The van der Waals surface area contributed by atoms with Gasteiger partial charge in [-0.2, -0.15) is 0 Å². The lowest BCUT2D eigenvalue weighted by atomic mass is 10.2. The van der Waals surface area contributed by atoms with Crippen molar-refractivity contribution >= 4 is 21.6 Å². The second kappa shape index (κ2) is 9.25. The SMILES string of the molecule is CC(C)Oc1ccc(N(CC(=O)NC[C@H]2COc3ccccc3O2)S(C)(=O)=O)cc1. The third-order valence-electron chi connectivity index (χ3n) is 4.28. The zero-order chi connectivity index (χ0) is 21.7. The highest BCUT2D eigenvalue weighted by Crippen LogP contribution is 2.30. The zero-order valence-electron chi connectivity index (χ0n) is 17.2. The minimum Gasteiger partial charge on any atom is -0.491 e. The van der Waals surface area contributed by atoms with E-state index in [1.54, 1.807) is 30.3 Å². The van der Waals surface area contributed by atoms with Crippen LogP contribution < -0.4 is 23.8 Å². The topological polar surface area (TPSA) is 94.2 Å². The fourth-order valence-electron chi connectivity index (χ4n) is 2.94. The van der Waals surface area contributed by atoms with Crippen LogP contribution in [-0.4, -0.2) is 52.5 Å². The van der Waals surface area contributed by atoms with Crippen LogP contribution in [-0.2, 0) is 14.8 Å². The first kappa shape index (κ1) is 21.8. The van der Waals surface area contributed by atoms with Gasteiger partial charge < -0.3 is 19.5 Å². The molecule has 2 aromatic carbocycles. The maximum absolute atomic E-state index is 12.4. The van der Waals surface area contributed by atoms with Gasteiger partial charge in [0.25, 0.3) is 0 Å². The van der Waals surface area contributed by atoms with E-state index in [0.29, 0.717) is 29.5 Å². The number of nitrogens with one attached hydrogen (secondary N) is 1. The molecular formula is C21H26N2O6S. The molecule has 1 atom stereocenters. The quantitative estimate of drug-likeness (QED) is 0.685. The monoisotopic (exact) mass is 434 g/mol. The van der Waals surface area contributed by atoms with Gasteiger partial charge in [-0.15, -0.1) is 0 Å². The van der Waals surface area contributed by atoms with Crippen LogP contribution >= 0.6 is 0 Å². The predicted octanol–water partition coefficient (Wildman–Crippen LogP) is 2.20. The molecule has 0 saturated heterocycles. The van der Waals surface area contributed by atoms with Gasteiger partial charge in [0.05, 0.1) is 24.6 Å². The van der Waals surface area contributed by atoms with Crippen molar-refractivity contribution in [2.24, 2.45) is 0 Å². The molecule has 0 spiro atoms. The van der Waals surface area contributed by atoms with E-state index in [1.165, 1.54) is 0 Å². The van der Waals surface area contributed by atoms with Crippen molar-refractivity contribution in [1.29, 1.82) is 0 Å². The number of fused-ring (bicyclic) bond motifs is 1. The molecule has 0 aromatic heterocycles. The summed E-state index contributed by atoms with van der Waals surface area (Å²) < 4.78 is 42.5. The Balaban J connectivity index is 1.59. The van der Waals surface area contributed by atoms with Gasteiger partial charge in [-0.1, -0.05) is 12.1 Å². The number of anilines is 1. The van der Waals surface area contributed by atoms with E-state index in [9.17, 15) is 13.2 Å². The average molecular weight is 435 g/mol. The van der Waals surface area contributed by atoms with Crippen LogP contribution in [0, 0.1) is 0 Å². The lowest BCUT2D eigenvalue weighted by Crippen LogP contribution is -2.45. The molecule has 30 heavy (non-hydrogen) atoms. The number of sulfonamides is 1. The summed E-state index contributed by atoms with van der Waals surface area (Å²) in [5.41, 5.74) is 0.384. The molecule has 162 valence electrons. The first-order valence-corrected chi connectivity index (χ1v) is 11.5. The van der Waals surface area contributed by atoms with Gasteiger partial charge in [0.1, 0.15) is 25.0 Å². The standard InChI is InChI=1S/C21H26N2O6S/c1-15(2)28-17-10-8-16(9-11-17)23(30(3,25)26)13-21(24)22-12-18-14-27-19-6-4-5-7-20(19)29-18/h4-11,15,18H,12-14H2,1-3H3,(H,22,24)/t18-/m0/s1. The molecule has 2 aromatic rings. The molecule has 8 nitrogen and oxygen atoms in total. The predicted molar refractivity (Wildman–Crippen MR) is 114 cm³/mol. The number of benzene rings is 2. The van der Waals surface area contributed by atoms with E-state index in [-0.39, 0.29) is 25.3 Å². The Bertz CT molecular complexity index is 975. The minimum absolute atomic E-state index is 0.00518. The van der Waals surface area contributed by atoms with E-state index >= 15 is 0 Å². The first-order valence-electron chi connectivity index (χ1n) is 9.62. The van der Waals surface area contributed by atoms with Crippen LogP contribution in [0.1, 0.15) is 13.8 Å². The summed E-state index contributed by atoms with van der Waals surface area (Å²) >= 11 is 0. The molecule has 1 heterocycles. The van der Waals surface area contributed by atoms with Crippen molar-refractivity contribution in [2.45, 2.75) is 26.1 Å². The number of hydrogen-bond acceptors (Lipinski definition) is 6. The number of nitrogens with zero attached hydrogens (tertiary/aromatic N) is 1. The molecule has 1 N–H and O–H groups in total. The Morgan fingerprint density at radius 1 is 1.17 bits per heavy atom.